The van der Waals surface area contributed by atoms with Gasteiger partial charge in [0.25, 0.3) is 5.91 Å². The van der Waals surface area contributed by atoms with Crippen LogP contribution < -0.4 is 0 Å². The lowest BCUT2D eigenvalue weighted by Gasteiger charge is -2.33. The van der Waals surface area contributed by atoms with Gasteiger partial charge in [-0.3, -0.25) is 4.79 Å². The van der Waals surface area contributed by atoms with Crippen LogP contribution in [0.25, 0.3) is 5.69 Å². The molecule has 0 aliphatic carbocycles. The third-order valence-corrected chi connectivity index (χ3v) is 4.38. The van der Waals surface area contributed by atoms with E-state index in [1.165, 1.54) is 0 Å². The summed E-state index contributed by atoms with van der Waals surface area (Å²) in [5.41, 5.74) is 2.63. The second-order valence-electron chi connectivity index (χ2n) is 6.03. The van der Waals surface area contributed by atoms with Crippen LogP contribution in [0.2, 0.25) is 0 Å². The largest absolute Gasteiger partial charge is 0.370 e. The number of nitrogens with zero attached hydrogens (tertiary/aromatic N) is 3. The summed E-state index contributed by atoms with van der Waals surface area (Å²) in [4.78, 5) is 14.7. The fraction of sp³-hybridized carbons (Fsp3) is 0.200. The molecule has 0 bridgehead atoms. The van der Waals surface area contributed by atoms with E-state index in [4.69, 9.17) is 4.74 Å². The predicted molar refractivity (Wildman–Crippen MR) is 94.6 cm³/mol. The summed E-state index contributed by atoms with van der Waals surface area (Å²) in [6.45, 7) is 1.69. The van der Waals surface area contributed by atoms with Crippen LogP contribution in [-0.4, -0.2) is 40.3 Å². The van der Waals surface area contributed by atoms with Gasteiger partial charge in [0.1, 0.15) is 6.10 Å². The van der Waals surface area contributed by atoms with E-state index in [1.807, 2.05) is 65.6 Å². The van der Waals surface area contributed by atoms with E-state index >= 15 is 0 Å². The molecule has 0 N–H and O–H groups in total. The second-order valence-corrected chi connectivity index (χ2v) is 6.03. The zero-order valence-corrected chi connectivity index (χ0v) is 13.8. The number of morpholine rings is 1. The normalized spacial score (nSPS) is 17.4. The van der Waals surface area contributed by atoms with Gasteiger partial charge in [0.15, 0.2) is 0 Å². The summed E-state index contributed by atoms with van der Waals surface area (Å²) < 4.78 is 7.56. The van der Waals surface area contributed by atoms with Crippen molar-refractivity contribution >= 4 is 5.91 Å². The van der Waals surface area contributed by atoms with Gasteiger partial charge in [-0.2, -0.15) is 5.10 Å². The van der Waals surface area contributed by atoms with Crippen LogP contribution >= 0.6 is 0 Å². The van der Waals surface area contributed by atoms with Gasteiger partial charge in [0, 0.05) is 12.7 Å². The number of amides is 1. The first kappa shape index (κ1) is 15.6. The molecule has 5 heteroatoms. The lowest BCUT2D eigenvalue weighted by molar-refractivity contribution is -0.0228. The van der Waals surface area contributed by atoms with E-state index in [1.54, 1.807) is 17.1 Å². The van der Waals surface area contributed by atoms with E-state index in [-0.39, 0.29) is 12.0 Å². The molecule has 1 aliphatic rings. The Labute approximate surface area is 146 Å². The van der Waals surface area contributed by atoms with Crippen LogP contribution in [0.4, 0.5) is 0 Å². The maximum absolute atomic E-state index is 12.8. The Morgan fingerprint density at radius 3 is 2.52 bits per heavy atom. The maximum Gasteiger partial charge on any atom is 0.257 e. The molecule has 1 amide bonds. The molecule has 1 aromatic heterocycles. The highest BCUT2D eigenvalue weighted by Gasteiger charge is 2.26. The van der Waals surface area contributed by atoms with Gasteiger partial charge in [0.05, 0.1) is 30.6 Å². The predicted octanol–water partition coefficient (Wildman–Crippen LogP) is 3.09. The molecule has 1 atom stereocenters. The van der Waals surface area contributed by atoms with Gasteiger partial charge in [0.2, 0.25) is 0 Å². The van der Waals surface area contributed by atoms with Crippen molar-refractivity contribution in [2.75, 3.05) is 19.7 Å². The van der Waals surface area contributed by atoms with Crippen LogP contribution in [0.15, 0.2) is 73.1 Å². The fourth-order valence-electron chi connectivity index (χ4n) is 3.04. The smallest absolute Gasteiger partial charge is 0.257 e. The topological polar surface area (TPSA) is 47.4 Å². The van der Waals surface area contributed by atoms with Crippen LogP contribution in [-0.2, 0) is 4.74 Å². The fourth-order valence-corrected chi connectivity index (χ4v) is 3.04. The zero-order chi connectivity index (χ0) is 17.1. The van der Waals surface area contributed by atoms with Crippen LogP contribution in [0.1, 0.15) is 22.0 Å². The highest BCUT2D eigenvalue weighted by molar-refractivity contribution is 5.94. The Balaban J connectivity index is 1.50. The Hall–Kier alpha value is -2.92. The molecule has 1 unspecified atom stereocenters. The summed E-state index contributed by atoms with van der Waals surface area (Å²) in [7, 11) is 0. The van der Waals surface area contributed by atoms with Crippen molar-refractivity contribution in [3.63, 3.8) is 0 Å². The Morgan fingerprint density at radius 1 is 1.04 bits per heavy atom. The molecule has 0 radical (unpaired) electrons. The third-order valence-electron chi connectivity index (χ3n) is 4.38. The summed E-state index contributed by atoms with van der Waals surface area (Å²) in [6, 6.07) is 19.8. The minimum Gasteiger partial charge on any atom is -0.370 e. The summed E-state index contributed by atoms with van der Waals surface area (Å²) in [5.74, 6) is -0.00795. The van der Waals surface area contributed by atoms with Crippen molar-refractivity contribution in [3.05, 3.63) is 84.2 Å². The number of carbonyl (C=O) groups excluding carboxylic acids is 1. The van der Waals surface area contributed by atoms with E-state index in [9.17, 15) is 4.79 Å². The first-order valence-corrected chi connectivity index (χ1v) is 8.37. The number of carbonyl (C=O) groups is 1. The Bertz CT molecular complexity index is 846. The molecular weight excluding hydrogens is 314 g/mol. The van der Waals surface area contributed by atoms with Crippen molar-refractivity contribution in [3.8, 4) is 5.69 Å². The van der Waals surface area contributed by atoms with Gasteiger partial charge in [-0.25, -0.2) is 4.68 Å². The van der Waals surface area contributed by atoms with E-state index in [0.717, 1.165) is 11.3 Å². The quantitative estimate of drug-likeness (QED) is 0.740. The first-order valence-electron chi connectivity index (χ1n) is 8.37. The van der Waals surface area contributed by atoms with Crippen LogP contribution in [0, 0.1) is 0 Å². The number of benzene rings is 2. The average molecular weight is 333 g/mol. The Kier molecular flexibility index (Phi) is 4.31. The van der Waals surface area contributed by atoms with Crippen LogP contribution in [0.5, 0.6) is 0 Å². The summed E-state index contributed by atoms with van der Waals surface area (Å²) in [6.07, 6.45) is 3.33. The Morgan fingerprint density at radius 2 is 1.76 bits per heavy atom. The zero-order valence-electron chi connectivity index (χ0n) is 13.8. The van der Waals surface area contributed by atoms with E-state index in [2.05, 4.69) is 5.10 Å². The molecule has 0 spiro atoms. The number of rotatable bonds is 3. The molecule has 1 saturated heterocycles. The van der Waals surface area contributed by atoms with Crippen molar-refractivity contribution < 1.29 is 9.53 Å². The lowest BCUT2D eigenvalue weighted by atomic mass is 10.1. The van der Waals surface area contributed by atoms with Gasteiger partial charge >= 0.3 is 0 Å². The first-order chi connectivity index (χ1) is 12.3. The number of para-hydroxylation sites is 1. The molecule has 4 rings (SSSR count). The minimum absolute atomic E-state index is 0.00795. The molecule has 2 heterocycles. The van der Waals surface area contributed by atoms with E-state index in [0.29, 0.717) is 25.3 Å². The van der Waals surface area contributed by atoms with Crippen molar-refractivity contribution in [2.24, 2.45) is 0 Å². The molecule has 3 aromatic rings. The molecule has 1 fully saturated rings. The lowest BCUT2D eigenvalue weighted by Crippen LogP contribution is -2.42. The molecule has 0 saturated carbocycles. The van der Waals surface area contributed by atoms with Crippen molar-refractivity contribution in [2.45, 2.75) is 6.10 Å². The minimum atomic E-state index is -0.0805. The van der Waals surface area contributed by atoms with Gasteiger partial charge in [-0.05, 0) is 17.7 Å². The molecule has 5 nitrogen and oxygen atoms in total. The number of aromatic nitrogens is 2. The number of ether oxygens (including phenoxy) is 1. The number of hydrogen-bond acceptors (Lipinski definition) is 3. The summed E-state index contributed by atoms with van der Waals surface area (Å²) >= 11 is 0. The third kappa shape index (κ3) is 3.32. The van der Waals surface area contributed by atoms with Crippen LogP contribution in [0.3, 0.4) is 0 Å². The van der Waals surface area contributed by atoms with E-state index < -0.39 is 0 Å². The monoisotopic (exact) mass is 333 g/mol. The second kappa shape index (κ2) is 6.91. The molecule has 2 aromatic carbocycles. The van der Waals surface area contributed by atoms with Crippen molar-refractivity contribution in [1.82, 2.24) is 14.7 Å². The molecule has 25 heavy (non-hydrogen) atoms. The SMILES string of the molecule is O=C(c1cnn(-c2ccccc2)c1)N1CCOC(c2ccccc2)C1. The van der Waals surface area contributed by atoms with Gasteiger partial charge in [-0.1, -0.05) is 48.5 Å². The molecule has 1 aliphatic heterocycles. The highest BCUT2D eigenvalue weighted by atomic mass is 16.5. The van der Waals surface area contributed by atoms with Crippen molar-refractivity contribution in [1.29, 1.82) is 0 Å². The standard InChI is InChI=1S/C20H19N3O2/c24-20(17-13-21-23(14-17)18-9-5-2-6-10-18)22-11-12-25-19(15-22)16-7-3-1-4-8-16/h1-10,13-14,19H,11-12,15H2. The average Bonchev–Trinajstić information content (AvgIpc) is 3.19. The van der Waals surface area contributed by atoms with Gasteiger partial charge < -0.3 is 9.64 Å². The highest BCUT2D eigenvalue weighted by Crippen LogP contribution is 2.23. The summed E-state index contributed by atoms with van der Waals surface area (Å²) in [5, 5.41) is 4.32. The molecular formula is C20H19N3O2. The maximum atomic E-state index is 12.8. The molecule has 126 valence electrons. The van der Waals surface area contributed by atoms with Gasteiger partial charge in [-0.15, -0.1) is 0 Å². The number of hydrogen-bond donors (Lipinski definition) is 0.